The highest BCUT2D eigenvalue weighted by Gasteiger charge is 2.43. The molecule has 10 nitrogen and oxygen atoms in total. The van der Waals surface area contributed by atoms with E-state index in [9.17, 15) is 19.5 Å². The first-order valence-electron chi connectivity index (χ1n) is 16.2. The van der Waals surface area contributed by atoms with Gasteiger partial charge < -0.3 is 34.3 Å². The molecule has 3 atom stereocenters. The number of para-hydroxylation sites is 1. The first kappa shape index (κ1) is 33.8. The lowest BCUT2D eigenvalue weighted by Crippen LogP contribution is -2.54. The molecular weight excluding hydrogens is 560 g/mol. The molecule has 1 saturated carbocycles. The van der Waals surface area contributed by atoms with Gasteiger partial charge in [-0.05, 0) is 70.4 Å². The third-order valence-corrected chi connectivity index (χ3v) is 8.37. The van der Waals surface area contributed by atoms with Crippen LogP contribution < -0.4 is 5.32 Å². The number of carbonyl (C=O) groups excluding carboxylic acids is 3. The van der Waals surface area contributed by atoms with Gasteiger partial charge in [0.05, 0.1) is 24.5 Å². The molecule has 244 valence electrons. The fraction of sp³-hybridized carbons (Fsp3) is 0.676. The van der Waals surface area contributed by atoms with Gasteiger partial charge in [0.15, 0.2) is 0 Å². The fourth-order valence-electron chi connectivity index (χ4n) is 6.21. The van der Waals surface area contributed by atoms with Crippen LogP contribution in [0, 0.1) is 17.8 Å². The standard InChI is InChI=1S/C34H52N4O6/c1-23(2)16-27(22-39)35-31(40)24-17-25(19-37(18-24)33(42)44-34(3,4)5)32(41)38(28-12-13-28)21-26-20-36(14-9-15-43-6)30-11-8-7-10-29(26)30/h7-8,10-11,20,23-25,27-28,39H,9,12-19,21-22H2,1-6H3,(H,35,40)/t24-,25+,27?/m0/s1. The van der Waals surface area contributed by atoms with E-state index in [0.717, 1.165) is 42.3 Å². The van der Waals surface area contributed by atoms with Gasteiger partial charge in [0.25, 0.3) is 0 Å². The van der Waals surface area contributed by atoms with E-state index in [0.29, 0.717) is 31.9 Å². The molecule has 1 aliphatic heterocycles. The van der Waals surface area contributed by atoms with Gasteiger partial charge in [0, 0.05) is 63.0 Å². The van der Waals surface area contributed by atoms with E-state index >= 15 is 0 Å². The van der Waals surface area contributed by atoms with Crippen molar-refractivity contribution in [1.29, 1.82) is 0 Å². The van der Waals surface area contributed by atoms with Crippen molar-refractivity contribution >= 4 is 28.8 Å². The number of fused-ring (bicyclic) bond motifs is 1. The molecule has 44 heavy (non-hydrogen) atoms. The normalized spacial score (nSPS) is 19.7. The molecule has 1 saturated heterocycles. The highest BCUT2D eigenvalue weighted by Crippen LogP contribution is 2.34. The van der Waals surface area contributed by atoms with Crippen LogP contribution in [0.15, 0.2) is 30.5 Å². The summed E-state index contributed by atoms with van der Waals surface area (Å²) in [5, 5.41) is 14.0. The number of piperidine rings is 1. The summed E-state index contributed by atoms with van der Waals surface area (Å²) in [6.07, 6.45) is 5.38. The second-order valence-corrected chi connectivity index (χ2v) is 13.9. The molecule has 1 aliphatic carbocycles. The zero-order valence-corrected chi connectivity index (χ0v) is 27.4. The number of carbonyl (C=O) groups is 3. The first-order valence-corrected chi connectivity index (χ1v) is 16.2. The number of hydrogen-bond acceptors (Lipinski definition) is 6. The molecule has 2 fully saturated rings. The van der Waals surface area contributed by atoms with Crippen molar-refractivity contribution in [1.82, 2.24) is 19.7 Å². The van der Waals surface area contributed by atoms with Crippen LogP contribution in [0.2, 0.25) is 0 Å². The Morgan fingerprint density at radius 2 is 1.82 bits per heavy atom. The third-order valence-electron chi connectivity index (χ3n) is 8.37. The molecule has 3 amide bonds. The van der Waals surface area contributed by atoms with Gasteiger partial charge >= 0.3 is 6.09 Å². The lowest BCUT2D eigenvalue weighted by Gasteiger charge is -2.39. The highest BCUT2D eigenvalue weighted by molar-refractivity contribution is 5.87. The SMILES string of the molecule is COCCCn1cc(CN(C(=O)[C@@H]2C[C@H](C(=O)NC(CO)CC(C)C)CN(C(=O)OC(C)(C)C)C2)C2CC2)c2ccccc21. The van der Waals surface area contributed by atoms with E-state index in [4.69, 9.17) is 9.47 Å². The van der Waals surface area contributed by atoms with E-state index in [1.807, 2.05) is 30.9 Å². The van der Waals surface area contributed by atoms with Crippen molar-refractivity contribution in [2.75, 3.05) is 33.4 Å². The molecule has 2 aliphatic rings. The Labute approximate surface area is 262 Å². The van der Waals surface area contributed by atoms with Crippen LogP contribution in [-0.2, 0) is 32.2 Å². The molecule has 2 heterocycles. The first-order chi connectivity index (χ1) is 20.9. The topological polar surface area (TPSA) is 113 Å². The Kier molecular flexibility index (Phi) is 11.3. The maximum atomic E-state index is 14.3. The average molecular weight is 613 g/mol. The van der Waals surface area contributed by atoms with Crippen molar-refractivity contribution in [2.24, 2.45) is 17.8 Å². The van der Waals surface area contributed by atoms with Crippen LogP contribution in [0.4, 0.5) is 4.79 Å². The van der Waals surface area contributed by atoms with Gasteiger partial charge in [-0.25, -0.2) is 4.79 Å². The van der Waals surface area contributed by atoms with Gasteiger partial charge in [-0.3, -0.25) is 9.59 Å². The Balaban J connectivity index is 1.57. The molecule has 2 N–H and O–H groups in total. The lowest BCUT2D eigenvalue weighted by atomic mass is 9.87. The summed E-state index contributed by atoms with van der Waals surface area (Å²) in [7, 11) is 1.71. The Hall–Kier alpha value is -3.11. The minimum Gasteiger partial charge on any atom is -0.444 e. The summed E-state index contributed by atoms with van der Waals surface area (Å²) >= 11 is 0. The summed E-state index contributed by atoms with van der Waals surface area (Å²) in [4.78, 5) is 44.6. The molecule has 1 unspecified atom stereocenters. The Morgan fingerprint density at radius 3 is 2.45 bits per heavy atom. The number of benzene rings is 1. The molecule has 1 aromatic heterocycles. The Morgan fingerprint density at radius 1 is 1.11 bits per heavy atom. The number of nitrogens with one attached hydrogen (secondary N) is 1. The second-order valence-electron chi connectivity index (χ2n) is 13.9. The smallest absolute Gasteiger partial charge is 0.410 e. The van der Waals surface area contributed by atoms with Crippen LogP contribution in [0.5, 0.6) is 0 Å². The quantitative estimate of drug-likeness (QED) is 0.321. The molecule has 0 radical (unpaired) electrons. The molecule has 10 heteroatoms. The maximum Gasteiger partial charge on any atom is 0.410 e. The molecule has 0 bridgehead atoms. The van der Waals surface area contributed by atoms with E-state index in [1.165, 1.54) is 4.90 Å². The van der Waals surface area contributed by atoms with Crippen LogP contribution in [-0.4, -0.2) is 88.5 Å². The zero-order valence-electron chi connectivity index (χ0n) is 27.4. The number of aryl methyl sites for hydroxylation is 1. The van der Waals surface area contributed by atoms with E-state index in [2.05, 4.69) is 28.2 Å². The van der Waals surface area contributed by atoms with Crippen molar-refractivity contribution in [2.45, 2.75) is 97.5 Å². The van der Waals surface area contributed by atoms with Gasteiger partial charge in [-0.15, -0.1) is 0 Å². The summed E-state index contributed by atoms with van der Waals surface area (Å²) in [5.74, 6) is -1.11. The lowest BCUT2D eigenvalue weighted by molar-refractivity contribution is -0.140. The highest BCUT2D eigenvalue weighted by atomic mass is 16.6. The third kappa shape index (κ3) is 8.97. The fourth-order valence-corrected chi connectivity index (χ4v) is 6.21. The number of amides is 3. The average Bonchev–Trinajstić information content (AvgIpc) is 3.76. The predicted molar refractivity (Wildman–Crippen MR) is 170 cm³/mol. The second kappa shape index (κ2) is 14.8. The molecule has 0 spiro atoms. The number of aliphatic hydroxyl groups excluding tert-OH is 1. The van der Waals surface area contributed by atoms with E-state index < -0.39 is 23.5 Å². The Bertz CT molecular complexity index is 1280. The zero-order chi connectivity index (χ0) is 32.0. The van der Waals surface area contributed by atoms with Crippen molar-refractivity contribution in [3.63, 3.8) is 0 Å². The number of aromatic nitrogens is 1. The minimum atomic E-state index is -0.706. The largest absolute Gasteiger partial charge is 0.444 e. The molecular formula is C34H52N4O6. The number of ether oxygens (including phenoxy) is 2. The van der Waals surface area contributed by atoms with Gasteiger partial charge in [0.1, 0.15) is 5.60 Å². The number of aliphatic hydroxyl groups is 1. The van der Waals surface area contributed by atoms with E-state index in [1.54, 1.807) is 27.9 Å². The van der Waals surface area contributed by atoms with Gasteiger partial charge in [-0.1, -0.05) is 32.0 Å². The number of rotatable bonds is 13. The van der Waals surface area contributed by atoms with Gasteiger partial charge in [0.2, 0.25) is 11.8 Å². The minimum absolute atomic E-state index is 0.0318. The monoisotopic (exact) mass is 612 g/mol. The summed E-state index contributed by atoms with van der Waals surface area (Å²) < 4.78 is 13.2. The number of methoxy groups -OCH3 is 1. The summed E-state index contributed by atoms with van der Waals surface area (Å²) in [5.41, 5.74) is 1.52. The van der Waals surface area contributed by atoms with Crippen molar-refractivity contribution in [3.8, 4) is 0 Å². The summed E-state index contributed by atoms with van der Waals surface area (Å²) in [6.45, 7) is 11.7. The van der Waals surface area contributed by atoms with Crippen molar-refractivity contribution < 1.29 is 29.0 Å². The van der Waals surface area contributed by atoms with Gasteiger partial charge in [-0.2, -0.15) is 0 Å². The van der Waals surface area contributed by atoms with E-state index in [-0.39, 0.29) is 43.6 Å². The molecule has 1 aromatic carbocycles. The van der Waals surface area contributed by atoms with Crippen molar-refractivity contribution in [3.05, 3.63) is 36.0 Å². The molecule has 2 aromatic rings. The molecule has 4 rings (SSSR count). The van der Waals surface area contributed by atoms with Crippen LogP contribution in [0.1, 0.15) is 72.3 Å². The summed E-state index contributed by atoms with van der Waals surface area (Å²) in [6, 6.07) is 8.04. The number of nitrogens with zero attached hydrogens (tertiary/aromatic N) is 3. The predicted octanol–water partition coefficient (Wildman–Crippen LogP) is 4.57. The van der Waals surface area contributed by atoms with Crippen LogP contribution in [0.25, 0.3) is 10.9 Å². The number of hydrogen-bond donors (Lipinski definition) is 2. The van der Waals surface area contributed by atoms with Crippen LogP contribution >= 0.6 is 0 Å². The number of likely N-dealkylation sites (tertiary alicyclic amines) is 1. The maximum absolute atomic E-state index is 14.3. The van der Waals surface area contributed by atoms with Crippen LogP contribution in [0.3, 0.4) is 0 Å².